The third-order valence-electron chi connectivity index (χ3n) is 10.2. The molecule has 3 saturated heterocycles. The molecule has 3 aromatic rings. The van der Waals surface area contributed by atoms with Gasteiger partial charge in [0.15, 0.2) is 11.6 Å². The summed E-state index contributed by atoms with van der Waals surface area (Å²) in [4.78, 5) is 32.2. The van der Waals surface area contributed by atoms with Crippen LogP contribution in [0.1, 0.15) is 56.1 Å². The number of hydrogen-bond acceptors (Lipinski definition) is 8. The highest BCUT2D eigenvalue weighted by molar-refractivity contribution is 5.94. The van der Waals surface area contributed by atoms with E-state index in [-0.39, 0.29) is 36.6 Å². The summed E-state index contributed by atoms with van der Waals surface area (Å²) in [5, 5.41) is 10.0. The van der Waals surface area contributed by atoms with Crippen molar-refractivity contribution in [1.82, 2.24) is 24.8 Å². The van der Waals surface area contributed by atoms with Crippen LogP contribution in [0.2, 0.25) is 0 Å². The maximum absolute atomic E-state index is 16.7. The molecule has 11 heteroatoms. The molecule has 5 heterocycles. The lowest BCUT2D eigenvalue weighted by Gasteiger charge is -2.41. The number of benzene rings is 1. The summed E-state index contributed by atoms with van der Waals surface area (Å²) in [6.45, 7) is 6.37. The van der Waals surface area contributed by atoms with E-state index in [1.807, 2.05) is 17.2 Å². The number of pyridine rings is 1. The zero-order chi connectivity index (χ0) is 31.1. The fourth-order valence-corrected chi connectivity index (χ4v) is 7.94. The Kier molecular flexibility index (Phi) is 7.86. The van der Waals surface area contributed by atoms with Crippen molar-refractivity contribution in [2.45, 2.75) is 69.4 Å². The second kappa shape index (κ2) is 12.0. The summed E-state index contributed by atoms with van der Waals surface area (Å²) in [7, 11) is 0. The van der Waals surface area contributed by atoms with E-state index in [0.29, 0.717) is 29.9 Å². The molecule has 1 aromatic carbocycles. The minimum absolute atomic E-state index is 0.00484. The number of aromatic nitrogens is 3. The molecule has 3 fully saturated rings. The van der Waals surface area contributed by atoms with Crippen molar-refractivity contribution in [1.29, 1.82) is 5.26 Å². The first-order chi connectivity index (χ1) is 21.9. The average Bonchev–Trinajstić information content (AvgIpc) is 3.64. The first kappa shape index (κ1) is 29.5. The molecule has 3 aliphatic heterocycles. The number of ether oxygens (including phenoxy) is 1. The van der Waals surface area contributed by atoms with E-state index < -0.39 is 23.6 Å². The molecule has 1 amide bonds. The molecule has 45 heavy (non-hydrogen) atoms. The highest BCUT2D eigenvalue weighted by atomic mass is 19.1. The Hall–Kier alpha value is -4.17. The first-order valence-corrected chi connectivity index (χ1v) is 16.0. The topological polar surface area (TPSA) is 98.5 Å². The summed E-state index contributed by atoms with van der Waals surface area (Å²) in [6.07, 6.45) is 11.9. The number of rotatable bonds is 7. The summed E-state index contributed by atoms with van der Waals surface area (Å²) >= 11 is 0. The lowest BCUT2D eigenvalue weighted by molar-refractivity contribution is -0.131. The second-order valence-corrected chi connectivity index (χ2v) is 12.8. The van der Waals surface area contributed by atoms with E-state index in [2.05, 4.69) is 27.5 Å². The van der Waals surface area contributed by atoms with E-state index in [0.717, 1.165) is 81.1 Å². The van der Waals surface area contributed by atoms with Crippen LogP contribution in [-0.4, -0.2) is 81.6 Å². The zero-order valence-corrected chi connectivity index (χ0v) is 25.4. The number of hydrogen-bond donors (Lipinski definition) is 0. The predicted molar refractivity (Wildman–Crippen MR) is 166 cm³/mol. The van der Waals surface area contributed by atoms with E-state index >= 15 is 4.39 Å². The maximum Gasteiger partial charge on any atom is 0.319 e. The third kappa shape index (κ3) is 5.29. The van der Waals surface area contributed by atoms with Crippen LogP contribution in [0.15, 0.2) is 36.9 Å². The van der Waals surface area contributed by atoms with Gasteiger partial charge in [-0.25, -0.2) is 8.78 Å². The predicted octanol–water partition coefficient (Wildman–Crippen LogP) is 5.13. The molecule has 1 atom stereocenters. The number of aryl methyl sites for hydroxylation is 1. The van der Waals surface area contributed by atoms with Crippen molar-refractivity contribution < 1.29 is 18.3 Å². The van der Waals surface area contributed by atoms with Crippen LogP contribution in [0.4, 0.5) is 14.6 Å². The summed E-state index contributed by atoms with van der Waals surface area (Å²) in [5.74, 6) is -1.87. The van der Waals surface area contributed by atoms with Crippen molar-refractivity contribution in [2.75, 3.05) is 44.2 Å². The quantitative estimate of drug-likeness (QED) is 0.339. The van der Waals surface area contributed by atoms with Crippen molar-refractivity contribution in [3.05, 3.63) is 53.9 Å². The monoisotopic (exact) mass is 613 g/mol. The molecule has 0 unspecified atom stereocenters. The van der Waals surface area contributed by atoms with Crippen molar-refractivity contribution >= 4 is 22.6 Å². The molecule has 9 nitrogen and oxygen atoms in total. The molecule has 0 saturated carbocycles. The third-order valence-corrected chi connectivity index (χ3v) is 10.2. The van der Waals surface area contributed by atoms with Gasteiger partial charge in [0.25, 0.3) is 5.91 Å². The summed E-state index contributed by atoms with van der Waals surface area (Å²) in [6, 6.07) is 5.23. The Morgan fingerprint density at radius 3 is 2.64 bits per heavy atom. The van der Waals surface area contributed by atoms with Crippen LogP contribution < -0.4 is 9.64 Å². The number of carbonyl (C=O) groups is 1. The Balaban J connectivity index is 1.30. The van der Waals surface area contributed by atoms with Crippen molar-refractivity contribution in [2.24, 2.45) is 0 Å². The number of halogens is 2. The van der Waals surface area contributed by atoms with Gasteiger partial charge in [-0.2, -0.15) is 15.2 Å². The van der Waals surface area contributed by atoms with Gasteiger partial charge in [-0.15, -0.1) is 0 Å². The Morgan fingerprint density at radius 1 is 1.07 bits per heavy atom. The zero-order valence-electron chi connectivity index (χ0n) is 25.4. The first-order valence-electron chi connectivity index (χ1n) is 16.0. The molecule has 0 N–H and O–H groups in total. The fourth-order valence-electron chi connectivity index (χ4n) is 7.94. The largest absolute Gasteiger partial charge is 0.461 e. The summed E-state index contributed by atoms with van der Waals surface area (Å²) < 4.78 is 36.9. The van der Waals surface area contributed by atoms with Crippen LogP contribution in [0, 0.1) is 17.1 Å². The van der Waals surface area contributed by atoms with Crippen LogP contribution in [0.5, 0.6) is 6.01 Å². The van der Waals surface area contributed by atoms with Gasteiger partial charge < -0.3 is 14.5 Å². The van der Waals surface area contributed by atoms with E-state index in [1.54, 1.807) is 12.3 Å². The fraction of sp³-hybridized carbons (Fsp3) is 0.500. The molecule has 2 aromatic heterocycles. The number of carbonyl (C=O) groups excluding carboxylic acids is 1. The van der Waals surface area contributed by atoms with Gasteiger partial charge in [-0.1, -0.05) is 12.6 Å². The van der Waals surface area contributed by atoms with Gasteiger partial charge >= 0.3 is 6.01 Å². The number of fused-ring (bicyclic) bond motifs is 3. The highest BCUT2D eigenvalue weighted by Crippen LogP contribution is 2.40. The van der Waals surface area contributed by atoms with Gasteiger partial charge in [-0.05, 0) is 81.6 Å². The van der Waals surface area contributed by atoms with Gasteiger partial charge in [0, 0.05) is 48.5 Å². The average molecular weight is 614 g/mol. The van der Waals surface area contributed by atoms with Crippen LogP contribution in [-0.2, 0) is 17.6 Å². The van der Waals surface area contributed by atoms with Gasteiger partial charge in [0.1, 0.15) is 17.9 Å². The van der Waals surface area contributed by atoms with Crippen LogP contribution in [0.3, 0.4) is 0 Å². The summed E-state index contributed by atoms with van der Waals surface area (Å²) in [5.41, 5.74) is 3.63. The smallest absolute Gasteiger partial charge is 0.319 e. The van der Waals surface area contributed by atoms with Crippen LogP contribution >= 0.6 is 0 Å². The van der Waals surface area contributed by atoms with E-state index in [9.17, 15) is 14.4 Å². The normalized spacial score (nSPS) is 21.0. The lowest BCUT2D eigenvalue weighted by Crippen LogP contribution is -2.55. The SMILES string of the molecule is C=C(F)C(=O)N1CCN(c2nc(OCC34CCCN3CCC4)nc3c(F)c(-c4cncc5c4CCCC5)ccc23)C[C@@H]1CC#N. The van der Waals surface area contributed by atoms with Crippen molar-refractivity contribution in [3.63, 3.8) is 0 Å². The Labute approximate surface area is 261 Å². The van der Waals surface area contributed by atoms with E-state index in [1.165, 1.54) is 4.90 Å². The Bertz CT molecular complexity index is 1700. The standard InChI is InChI=1S/C34H37F2N7O2/c1-22(35)32(44)43-17-16-41(20-24(43)10-13-37)31-27-9-8-26(28-19-38-18-23-6-2-3-7-25(23)28)29(36)30(27)39-33(40-31)45-21-34-11-4-14-42(34)15-5-12-34/h8-9,18-19,24H,1-7,10-12,14-17,20-21H2/t24-/m0/s1. The number of anilines is 1. The molecule has 0 radical (unpaired) electrons. The van der Waals surface area contributed by atoms with Gasteiger partial charge in [0.05, 0.1) is 24.1 Å². The molecule has 1 aliphatic carbocycles. The van der Waals surface area contributed by atoms with E-state index in [4.69, 9.17) is 9.72 Å². The number of nitriles is 1. The van der Waals surface area contributed by atoms with Gasteiger partial charge in [-0.3, -0.25) is 14.7 Å². The minimum atomic E-state index is -1.06. The van der Waals surface area contributed by atoms with Crippen molar-refractivity contribution in [3.8, 4) is 23.2 Å². The number of nitrogens with zero attached hydrogens (tertiary/aromatic N) is 7. The maximum atomic E-state index is 16.7. The molecule has 4 aliphatic rings. The molecular weight excluding hydrogens is 576 g/mol. The highest BCUT2D eigenvalue weighted by Gasteiger charge is 2.45. The molecule has 7 rings (SSSR count). The lowest BCUT2D eigenvalue weighted by atomic mass is 9.87. The Morgan fingerprint density at radius 2 is 1.87 bits per heavy atom. The number of piperazine rings is 1. The van der Waals surface area contributed by atoms with Crippen LogP contribution in [0.25, 0.3) is 22.0 Å². The molecule has 234 valence electrons. The molecule has 0 spiro atoms. The number of amides is 1. The molecule has 0 bridgehead atoms. The minimum Gasteiger partial charge on any atom is -0.461 e. The second-order valence-electron chi connectivity index (χ2n) is 12.8. The molecular formula is C34H37F2N7O2. The van der Waals surface area contributed by atoms with Gasteiger partial charge in [0.2, 0.25) is 0 Å².